The third-order valence-corrected chi connectivity index (χ3v) is 5.33. The molecule has 7 nitrogen and oxygen atoms in total. The fourth-order valence-corrected chi connectivity index (χ4v) is 3.86. The predicted octanol–water partition coefficient (Wildman–Crippen LogP) is 5.43. The molecule has 1 aliphatic heterocycles. The van der Waals surface area contributed by atoms with Gasteiger partial charge in [0.15, 0.2) is 0 Å². The third kappa shape index (κ3) is 5.79. The van der Waals surface area contributed by atoms with Crippen molar-refractivity contribution in [2.24, 2.45) is 0 Å². The Kier molecular flexibility index (Phi) is 6.95. The second kappa shape index (κ2) is 9.31. The molecule has 0 spiro atoms. The molecule has 0 aliphatic carbocycles. The maximum atomic E-state index is 12.5. The van der Waals surface area contributed by atoms with E-state index < -0.39 is 5.60 Å². The zero-order valence-corrected chi connectivity index (χ0v) is 20.2. The zero-order chi connectivity index (χ0) is 22.8. The lowest BCUT2D eigenvalue weighted by Gasteiger charge is -2.34. The average Bonchev–Trinajstić information content (AvgIpc) is 2.68. The lowest BCUT2D eigenvalue weighted by molar-refractivity contribution is 0.00743. The molecule has 3 rings (SSSR count). The Morgan fingerprint density at radius 3 is 2.71 bits per heavy atom. The van der Waals surface area contributed by atoms with Crippen LogP contribution in [0.1, 0.15) is 53.0 Å². The first-order chi connectivity index (χ1) is 14.6. The van der Waals surface area contributed by atoms with Gasteiger partial charge in [-0.2, -0.15) is 5.26 Å². The van der Waals surface area contributed by atoms with Gasteiger partial charge in [-0.1, -0.05) is 0 Å². The number of nitrogens with zero attached hydrogens (tertiary/aromatic N) is 3. The van der Waals surface area contributed by atoms with Crippen LogP contribution >= 0.6 is 15.9 Å². The molecule has 31 heavy (non-hydrogen) atoms. The summed E-state index contributed by atoms with van der Waals surface area (Å²) in [6, 6.07) is 5.77. The number of halogens is 1. The Balaban J connectivity index is 1.88. The minimum Gasteiger partial charge on any atom is -0.490 e. The van der Waals surface area contributed by atoms with Gasteiger partial charge in [0.2, 0.25) is 5.88 Å². The summed E-state index contributed by atoms with van der Waals surface area (Å²) in [5.74, 6) is 0.945. The lowest BCUT2D eigenvalue weighted by Crippen LogP contribution is -2.46. The van der Waals surface area contributed by atoms with E-state index in [1.807, 2.05) is 34.6 Å². The summed E-state index contributed by atoms with van der Waals surface area (Å²) in [6.45, 7) is 10.5. The van der Waals surface area contributed by atoms with Crippen LogP contribution in [0.15, 0.2) is 22.8 Å². The van der Waals surface area contributed by atoms with Gasteiger partial charge in [0.05, 0.1) is 18.2 Å². The number of nitriles is 1. The van der Waals surface area contributed by atoms with Gasteiger partial charge in [-0.25, -0.2) is 9.78 Å². The van der Waals surface area contributed by atoms with Crippen LogP contribution in [0.3, 0.4) is 0 Å². The van der Waals surface area contributed by atoms with E-state index >= 15 is 0 Å². The zero-order valence-electron chi connectivity index (χ0n) is 18.6. The summed E-state index contributed by atoms with van der Waals surface area (Å²) in [6.07, 6.45) is 2.68. The van der Waals surface area contributed by atoms with Crippen molar-refractivity contribution in [3.63, 3.8) is 0 Å². The number of ether oxygens (including phenoxy) is 3. The topological polar surface area (TPSA) is 84.7 Å². The fraction of sp³-hybridized carbons (Fsp3) is 0.522. The molecule has 1 atom stereocenters. The summed E-state index contributed by atoms with van der Waals surface area (Å²) in [5, 5.41) is 11.1. The van der Waals surface area contributed by atoms with Crippen LogP contribution < -0.4 is 9.47 Å². The molecule has 2 heterocycles. The molecule has 1 fully saturated rings. The first kappa shape index (κ1) is 23.1. The third-order valence-electron chi connectivity index (χ3n) is 4.69. The second-order valence-corrected chi connectivity index (χ2v) is 9.75. The lowest BCUT2D eigenvalue weighted by atomic mass is 10.1. The largest absolute Gasteiger partial charge is 0.490 e. The molecule has 166 valence electrons. The van der Waals surface area contributed by atoms with Crippen LogP contribution in [0.4, 0.5) is 4.79 Å². The number of carbonyl (C=O) groups excluding carboxylic acids is 1. The van der Waals surface area contributed by atoms with Crippen LogP contribution in [0.25, 0.3) is 10.8 Å². The molecule has 0 saturated carbocycles. The van der Waals surface area contributed by atoms with Gasteiger partial charge < -0.3 is 19.1 Å². The first-order valence-electron chi connectivity index (χ1n) is 10.4. The minimum atomic E-state index is -0.542. The highest BCUT2D eigenvalue weighted by molar-refractivity contribution is 9.10. The molecule has 0 N–H and O–H groups in total. The number of likely N-dealkylation sites (tertiary alicyclic amines) is 1. The number of rotatable bonds is 4. The van der Waals surface area contributed by atoms with Crippen molar-refractivity contribution >= 4 is 32.8 Å². The molecule has 1 unspecified atom stereocenters. The Bertz CT molecular complexity index is 1010. The van der Waals surface area contributed by atoms with E-state index in [9.17, 15) is 10.1 Å². The van der Waals surface area contributed by atoms with E-state index in [4.69, 9.17) is 14.2 Å². The van der Waals surface area contributed by atoms with Gasteiger partial charge in [0.25, 0.3) is 0 Å². The van der Waals surface area contributed by atoms with Crippen LogP contribution in [-0.2, 0) is 4.74 Å². The van der Waals surface area contributed by atoms with Gasteiger partial charge in [-0.05, 0) is 75.5 Å². The molecule has 2 aromatic rings. The molecule has 1 aromatic carbocycles. The fourth-order valence-electron chi connectivity index (χ4n) is 3.43. The summed E-state index contributed by atoms with van der Waals surface area (Å²) in [7, 11) is 0. The standard InChI is InChI=1S/C23H28BrN3O4/c1-14(2)29-20-10-18-17(9-15(20)11-25)19(24)12-26-21(18)30-16-7-6-8-27(13-16)22(28)31-23(3,4)5/h9-10,12,14,16H,6-8,13H2,1-5H3. The van der Waals surface area contributed by atoms with Crippen molar-refractivity contribution in [1.29, 1.82) is 5.26 Å². The summed E-state index contributed by atoms with van der Waals surface area (Å²) in [4.78, 5) is 18.6. The highest BCUT2D eigenvalue weighted by Crippen LogP contribution is 2.36. The maximum absolute atomic E-state index is 12.5. The Hall–Kier alpha value is -2.53. The number of piperidine rings is 1. The number of carbonyl (C=O) groups is 1. The van der Waals surface area contributed by atoms with Crippen LogP contribution in [0.2, 0.25) is 0 Å². The molecule has 1 aliphatic rings. The summed E-state index contributed by atoms with van der Waals surface area (Å²) in [5.41, 5.74) is -0.0904. The Labute approximate surface area is 191 Å². The molecule has 1 saturated heterocycles. The van der Waals surface area contributed by atoms with E-state index in [-0.39, 0.29) is 18.3 Å². The quantitative estimate of drug-likeness (QED) is 0.568. The van der Waals surface area contributed by atoms with Gasteiger partial charge in [-0.15, -0.1) is 0 Å². The Morgan fingerprint density at radius 1 is 1.32 bits per heavy atom. The number of benzene rings is 1. The number of aromatic nitrogens is 1. The average molecular weight is 490 g/mol. The van der Waals surface area contributed by atoms with Gasteiger partial charge >= 0.3 is 6.09 Å². The highest BCUT2D eigenvalue weighted by atomic mass is 79.9. The van der Waals surface area contributed by atoms with Gasteiger partial charge in [-0.3, -0.25) is 0 Å². The van der Waals surface area contributed by atoms with Crippen LogP contribution in [0.5, 0.6) is 11.6 Å². The smallest absolute Gasteiger partial charge is 0.410 e. The summed E-state index contributed by atoms with van der Waals surface area (Å²) < 4.78 is 18.3. The number of hydrogen-bond acceptors (Lipinski definition) is 6. The first-order valence-corrected chi connectivity index (χ1v) is 11.2. The normalized spacial score (nSPS) is 16.8. The number of fused-ring (bicyclic) bond motifs is 1. The van der Waals surface area contributed by atoms with E-state index in [0.717, 1.165) is 28.1 Å². The monoisotopic (exact) mass is 489 g/mol. The van der Waals surface area contributed by atoms with Crippen molar-refractivity contribution in [3.05, 3.63) is 28.4 Å². The number of pyridine rings is 1. The number of amides is 1. The van der Waals surface area contributed by atoms with E-state index in [0.29, 0.717) is 30.3 Å². The van der Waals surface area contributed by atoms with Crippen molar-refractivity contribution in [2.75, 3.05) is 13.1 Å². The molecule has 1 amide bonds. The van der Waals surface area contributed by atoms with Gasteiger partial charge in [0, 0.05) is 28.0 Å². The summed E-state index contributed by atoms with van der Waals surface area (Å²) >= 11 is 3.51. The number of hydrogen-bond donors (Lipinski definition) is 0. The van der Waals surface area contributed by atoms with Crippen molar-refractivity contribution < 1.29 is 19.0 Å². The van der Waals surface area contributed by atoms with E-state index in [2.05, 4.69) is 27.0 Å². The molecular formula is C23H28BrN3O4. The molecular weight excluding hydrogens is 462 g/mol. The Morgan fingerprint density at radius 2 is 2.06 bits per heavy atom. The molecule has 8 heteroatoms. The van der Waals surface area contributed by atoms with Crippen molar-refractivity contribution in [1.82, 2.24) is 9.88 Å². The van der Waals surface area contributed by atoms with Crippen molar-refractivity contribution in [2.45, 2.75) is 65.3 Å². The minimum absolute atomic E-state index is 0.0743. The van der Waals surface area contributed by atoms with E-state index in [1.54, 1.807) is 23.2 Å². The second-order valence-electron chi connectivity index (χ2n) is 8.89. The highest BCUT2D eigenvalue weighted by Gasteiger charge is 2.29. The van der Waals surface area contributed by atoms with Crippen molar-refractivity contribution in [3.8, 4) is 17.7 Å². The molecule has 1 aromatic heterocycles. The van der Waals surface area contributed by atoms with E-state index in [1.165, 1.54) is 0 Å². The molecule has 0 radical (unpaired) electrons. The SMILES string of the molecule is CC(C)Oc1cc2c(OC3CCCN(C(=O)OC(C)(C)C)C3)ncc(Br)c2cc1C#N. The predicted molar refractivity (Wildman–Crippen MR) is 121 cm³/mol. The van der Waals surface area contributed by atoms with Gasteiger partial charge in [0.1, 0.15) is 23.5 Å². The van der Waals surface area contributed by atoms with Crippen LogP contribution in [-0.4, -0.2) is 46.9 Å². The maximum Gasteiger partial charge on any atom is 0.410 e. The van der Waals surface area contributed by atoms with Crippen LogP contribution in [0, 0.1) is 11.3 Å². The molecule has 0 bridgehead atoms.